The van der Waals surface area contributed by atoms with E-state index in [0.717, 1.165) is 17.2 Å². The van der Waals surface area contributed by atoms with Crippen molar-refractivity contribution in [2.24, 2.45) is 0 Å². The number of nitrogens with one attached hydrogen (secondary N) is 1. The third kappa shape index (κ3) is 1.95. The molecule has 1 aromatic rings. The lowest BCUT2D eigenvalue weighted by Crippen LogP contribution is -1.86. The van der Waals surface area contributed by atoms with Crippen LogP contribution >= 0.6 is 11.8 Å². The maximum atomic E-state index is 5.37. The molecule has 0 radical (unpaired) electrons. The Morgan fingerprint density at radius 2 is 2.60 bits per heavy atom. The van der Waals surface area contributed by atoms with Gasteiger partial charge in [-0.15, -0.1) is 0 Å². The summed E-state index contributed by atoms with van der Waals surface area (Å²) in [6.45, 7) is 2.13. The number of thioether (sulfide) groups is 1. The second kappa shape index (κ2) is 3.51. The zero-order valence-corrected chi connectivity index (χ0v) is 6.74. The molecule has 0 aliphatic heterocycles. The first-order valence-electron chi connectivity index (χ1n) is 3.20. The third-order valence-electron chi connectivity index (χ3n) is 1.11. The summed E-state index contributed by atoms with van der Waals surface area (Å²) in [5, 5.41) is 0. The highest BCUT2D eigenvalue weighted by molar-refractivity contribution is 7.98. The van der Waals surface area contributed by atoms with E-state index in [1.54, 1.807) is 6.20 Å². The van der Waals surface area contributed by atoms with Gasteiger partial charge in [0.25, 0.3) is 0 Å². The molecule has 0 fully saturated rings. The van der Waals surface area contributed by atoms with Crippen LogP contribution in [0.2, 0.25) is 0 Å². The van der Waals surface area contributed by atoms with E-state index in [2.05, 4.69) is 16.9 Å². The number of hydrogen-bond donors (Lipinski definition) is 2. The fourth-order valence-electron chi connectivity index (χ4n) is 0.662. The molecule has 56 valence electrons. The predicted octanol–water partition coefficient (Wildman–Crippen LogP) is 1.24. The Balaban J connectivity index is 2.42. The smallest absolute Gasteiger partial charge is 0.197 e. The van der Waals surface area contributed by atoms with E-state index in [4.69, 9.17) is 5.73 Å². The largest absolute Gasteiger partial charge is 0.369 e. The number of nitrogens with zero attached hydrogens (tertiary/aromatic N) is 1. The van der Waals surface area contributed by atoms with Crippen molar-refractivity contribution in [1.29, 1.82) is 0 Å². The summed E-state index contributed by atoms with van der Waals surface area (Å²) >= 11 is 1.85. The van der Waals surface area contributed by atoms with E-state index in [-0.39, 0.29) is 0 Å². The topological polar surface area (TPSA) is 54.7 Å². The van der Waals surface area contributed by atoms with E-state index in [1.807, 2.05) is 11.8 Å². The van der Waals surface area contributed by atoms with E-state index >= 15 is 0 Å². The summed E-state index contributed by atoms with van der Waals surface area (Å²) in [5.74, 6) is 2.60. The van der Waals surface area contributed by atoms with Crippen molar-refractivity contribution in [2.45, 2.75) is 12.7 Å². The van der Waals surface area contributed by atoms with Crippen LogP contribution in [0.5, 0.6) is 0 Å². The summed E-state index contributed by atoms with van der Waals surface area (Å²) in [7, 11) is 0. The van der Waals surface area contributed by atoms with Crippen LogP contribution in [0.1, 0.15) is 12.6 Å². The zero-order valence-electron chi connectivity index (χ0n) is 5.92. The van der Waals surface area contributed by atoms with Gasteiger partial charge in [0.15, 0.2) is 5.95 Å². The SMILES string of the molecule is CCSCc1cnc(N)[nH]1. The average molecular weight is 157 g/mol. The number of rotatable bonds is 3. The fraction of sp³-hybridized carbons (Fsp3) is 0.500. The first-order chi connectivity index (χ1) is 4.83. The predicted molar refractivity (Wildman–Crippen MR) is 44.8 cm³/mol. The lowest BCUT2D eigenvalue weighted by Gasteiger charge is -1.91. The molecule has 0 atom stereocenters. The number of nitrogen functional groups attached to an aromatic ring is 1. The van der Waals surface area contributed by atoms with Crippen molar-refractivity contribution in [3.05, 3.63) is 11.9 Å². The van der Waals surface area contributed by atoms with E-state index in [1.165, 1.54) is 0 Å². The van der Waals surface area contributed by atoms with Gasteiger partial charge in [-0.1, -0.05) is 6.92 Å². The molecule has 0 aliphatic rings. The molecule has 3 nitrogen and oxygen atoms in total. The number of H-pyrrole nitrogens is 1. The van der Waals surface area contributed by atoms with E-state index in [0.29, 0.717) is 5.95 Å². The van der Waals surface area contributed by atoms with Crippen LogP contribution in [0.25, 0.3) is 0 Å². The highest BCUT2D eigenvalue weighted by atomic mass is 32.2. The van der Waals surface area contributed by atoms with Gasteiger partial charge >= 0.3 is 0 Å². The highest BCUT2D eigenvalue weighted by Crippen LogP contribution is 2.09. The van der Waals surface area contributed by atoms with Crippen molar-refractivity contribution in [2.75, 3.05) is 11.5 Å². The number of anilines is 1. The van der Waals surface area contributed by atoms with Crippen molar-refractivity contribution < 1.29 is 0 Å². The van der Waals surface area contributed by atoms with Crippen LogP contribution in [-0.2, 0) is 5.75 Å². The van der Waals surface area contributed by atoms with Crippen LogP contribution in [0.4, 0.5) is 5.95 Å². The van der Waals surface area contributed by atoms with Gasteiger partial charge in [0.2, 0.25) is 0 Å². The van der Waals surface area contributed by atoms with Gasteiger partial charge in [0, 0.05) is 11.4 Å². The molecule has 1 rings (SSSR count). The molecular weight excluding hydrogens is 146 g/mol. The maximum Gasteiger partial charge on any atom is 0.197 e. The van der Waals surface area contributed by atoms with Crippen LogP contribution in [-0.4, -0.2) is 15.7 Å². The number of aromatic nitrogens is 2. The Kier molecular flexibility index (Phi) is 2.62. The van der Waals surface area contributed by atoms with Crippen LogP contribution in [0.3, 0.4) is 0 Å². The molecule has 3 N–H and O–H groups in total. The third-order valence-corrected chi connectivity index (χ3v) is 2.03. The van der Waals surface area contributed by atoms with Crippen molar-refractivity contribution in [1.82, 2.24) is 9.97 Å². The summed E-state index contributed by atoms with van der Waals surface area (Å²) in [4.78, 5) is 6.84. The van der Waals surface area contributed by atoms with E-state index in [9.17, 15) is 0 Å². The molecule has 10 heavy (non-hydrogen) atoms. The Morgan fingerprint density at radius 3 is 3.10 bits per heavy atom. The molecule has 1 aromatic heterocycles. The first kappa shape index (κ1) is 7.47. The van der Waals surface area contributed by atoms with Crippen molar-refractivity contribution >= 4 is 17.7 Å². The second-order valence-corrected chi connectivity index (χ2v) is 3.21. The average Bonchev–Trinajstić information content (AvgIpc) is 2.31. The lowest BCUT2D eigenvalue weighted by atomic mass is 10.6. The monoisotopic (exact) mass is 157 g/mol. The molecule has 0 aromatic carbocycles. The van der Waals surface area contributed by atoms with Gasteiger partial charge in [-0.05, 0) is 5.75 Å². The Bertz CT molecular complexity index is 197. The van der Waals surface area contributed by atoms with Crippen molar-refractivity contribution in [3.8, 4) is 0 Å². The van der Waals surface area contributed by atoms with Gasteiger partial charge in [-0.2, -0.15) is 11.8 Å². The van der Waals surface area contributed by atoms with Crippen LogP contribution < -0.4 is 5.73 Å². The molecule has 0 amide bonds. The summed E-state index contributed by atoms with van der Waals surface area (Å²) in [5.41, 5.74) is 6.48. The Labute approximate surface area is 64.4 Å². The minimum Gasteiger partial charge on any atom is -0.369 e. The molecular formula is C6H11N3S. The number of aromatic amines is 1. The Hall–Kier alpha value is -0.640. The molecule has 0 spiro atoms. The molecule has 1 heterocycles. The first-order valence-corrected chi connectivity index (χ1v) is 4.35. The second-order valence-electron chi connectivity index (χ2n) is 1.93. The minimum absolute atomic E-state index is 0.506. The van der Waals surface area contributed by atoms with Crippen LogP contribution in [0, 0.1) is 0 Å². The fourth-order valence-corrected chi connectivity index (χ4v) is 1.23. The van der Waals surface area contributed by atoms with Gasteiger partial charge in [-0.25, -0.2) is 4.98 Å². The molecule has 0 aliphatic carbocycles. The van der Waals surface area contributed by atoms with Crippen LogP contribution in [0.15, 0.2) is 6.20 Å². The molecule has 4 heteroatoms. The summed E-state index contributed by atoms with van der Waals surface area (Å²) in [6.07, 6.45) is 1.78. The normalized spacial score (nSPS) is 10.1. The summed E-state index contributed by atoms with van der Waals surface area (Å²) in [6, 6.07) is 0. The molecule has 0 saturated heterocycles. The van der Waals surface area contributed by atoms with Gasteiger partial charge in [-0.3, -0.25) is 0 Å². The minimum atomic E-state index is 0.506. The summed E-state index contributed by atoms with van der Waals surface area (Å²) < 4.78 is 0. The lowest BCUT2D eigenvalue weighted by molar-refractivity contribution is 1.23. The van der Waals surface area contributed by atoms with Crippen molar-refractivity contribution in [3.63, 3.8) is 0 Å². The zero-order chi connectivity index (χ0) is 7.40. The molecule has 0 saturated carbocycles. The molecule has 0 bridgehead atoms. The maximum absolute atomic E-state index is 5.37. The number of hydrogen-bond acceptors (Lipinski definition) is 3. The number of nitrogens with two attached hydrogens (primary N) is 1. The standard InChI is InChI=1S/C6H11N3S/c1-2-10-4-5-3-8-6(7)9-5/h3H,2,4H2,1H3,(H3,7,8,9). The quantitative estimate of drug-likeness (QED) is 0.694. The Morgan fingerprint density at radius 1 is 1.80 bits per heavy atom. The van der Waals surface area contributed by atoms with Gasteiger partial charge < -0.3 is 10.7 Å². The number of imidazole rings is 1. The van der Waals surface area contributed by atoms with Gasteiger partial charge in [0.05, 0.1) is 6.20 Å². The van der Waals surface area contributed by atoms with Gasteiger partial charge in [0.1, 0.15) is 0 Å². The molecule has 0 unspecified atom stereocenters. The highest BCUT2D eigenvalue weighted by Gasteiger charge is 1.94. The van der Waals surface area contributed by atoms with E-state index < -0.39 is 0 Å².